The Morgan fingerprint density at radius 1 is 1.28 bits per heavy atom. The van der Waals surface area contributed by atoms with Crippen LogP contribution in [0.1, 0.15) is 25.8 Å². The summed E-state index contributed by atoms with van der Waals surface area (Å²) in [7, 11) is 1.64. The van der Waals surface area contributed by atoms with E-state index < -0.39 is 0 Å². The Hall–Kier alpha value is -1.13. The van der Waals surface area contributed by atoms with Gasteiger partial charge in [0.15, 0.2) is 11.6 Å². The molecule has 0 amide bonds. The number of para-hydroxylation sites is 1. The van der Waals surface area contributed by atoms with Gasteiger partial charge in [-0.1, -0.05) is 26.0 Å². The first kappa shape index (κ1) is 14.9. The molecule has 0 aliphatic heterocycles. The fraction of sp³-hybridized carbons (Fsp3) is 0.571. The molecule has 1 rings (SSSR count). The second-order valence-electron chi connectivity index (χ2n) is 4.46. The molecule has 4 heteroatoms. The summed E-state index contributed by atoms with van der Waals surface area (Å²) >= 11 is 0. The number of halogens is 1. The SMILES string of the molecule is COCCCOc1c(F)cccc1CNC(C)C. The molecule has 0 aromatic heterocycles. The molecule has 0 aliphatic carbocycles. The van der Waals surface area contributed by atoms with Crippen molar-refractivity contribution >= 4 is 0 Å². The first-order chi connectivity index (χ1) is 8.65. The molecule has 0 bridgehead atoms. The second-order valence-corrected chi connectivity index (χ2v) is 4.46. The molecule has 0 heterocycles. The van der Waals surface area contributed by atoms with Crippen molar-refractivity contribution in [3.05, 3.63) is 29.6 Å². The number of hydrogen-bond acceptors (Lipinski definition) is 3. The van der Waals surface area contributed by atoms with E-state index in [-0.39, 0.29) is 5.82 Å². The first-order valence-corrected chi connectivity index (χ1v) is 6.27. The summed E-state index contributed by atoms with van der Waals surface area (Å²) in [6.45, 7) is 5.79. The average Bonchev–Trinajstić information content (AvgIpc) is 2.34. The van der Waals surface area contributed by atoms with Crippen molar-refractivity contribution in [2.75, 3.05) is 20.3 Å². The molecule has 0 radical (unpaired) electrons. The third-order valence-corrected chi connectivity index (χ3v) is 2.49. The zero-order valence-corrected chi connectivity index (χ0v) is 11.3. The van der Waals surface area contributed by atoms with E-state index in [0.29, 0.717) is 31.5 Å². The average molecular weight is 255 g/mol. The monoisotopic (exact) mass is 255 g/mol. The highest BCUT2D eigenvalue weighted by Crippen LogP contribution is 2.22. The van der Waals surface area contributed by atoms with Crippen LogP contribution in [0.4, 0.5) is 4.39 Å². The number of benzene rings is 1. The zero-order chi connectivity index (χ0) is 13.4. The number of nitrogens with one attached hydrogen (secondary N) is 1. The molecular formula is C14H22FNO2. The number of hydrogen-bond donors (Lipinski definition) is 1. The maximum Gasteiger partial charge on any atom is 0.165 e. The van der Waals surface area contributed by atoms with Crippen LogP contribution >= 0.6 is 0 Å². The number of rotatable bonds is 8. The number of ether oxygens (including phenoxy) is 2. The summed E-state index contributed by atoms with van der Waals surface area (Å²) in [4.78, 5) is 0. The Morgan fingerprint density at radius 3 is 2.72 bits per heavy atom. The molecule has 0 saturated carbocycles. The van der Waals surface area contributed by atoms with Gasteiger partial charge in [0.1, 0.15) is 0 Å². The molecular weight excluding hydrogens is 233 g/mol. The summed E-state index contributed by atoms with van der Waals surface area (Å²) in [6, 6.07) is 5.36. The maximum atomic E-state index is 13.7. The number of methoxy groups -OCH3 is 1. The summed E-state index contributed by atoms with van der Waals surface area (Å²) in [5.74, 6) is 0.0391. The molecule has 0 saturated heterocycles. The third-order valence-electron chi connectivity index (χ3n) is 2.49. The fourth-order valence-electron chi connectivity index (χ4n) is 1.55. The minimum atomic E-state index is -0.310. The first-order valence-electron chi connectivity index (χ1n) is 6.27. The zero-order valence-electron chi connectivity index (χ0n) is 11.3. The normalized spacial score (nSPS) is 10.9. The second kappa shape index (κ2) is 8.06. The minimum Gasteiger partial charge on any atom is -0.490 e. The van der Waals surface area contributed by atoms with E-state index in [1.54, 1.807) is 13.2 Å². The lowest BCUT2D eigenvalue weighted by atomic mass is 10.2. The lowest BCUT2D eigenvalue weighted by molar-refractivity contribution is 0.170. The molecule has 0 fully saturated rings. The molecule has 0 unspecified atom stereocenters. The summed E-state index contributed by atoms with van der Waals surface area (Å²) in [5.41, 5.74) is 0.848. The standard InChI is InChI=1S/C14H22FNO2/c1-11(2)16-10-12-6-4-7-13(15)14(12)18-9-5-8-17-3/h4,6-7,11,16H,5,8-10H2,1-3H3. The predicted molar refractivity (Wildman–Crippen MR) is 70.4 cm³/mol. The van der Waals surface area contributed by atoms with Gasteiger partial charge >= 0.3 is 0 Å². The van der Waals surface area contributed by atoms with Gasteiger partial charge < -0.3 is 14.8 Å². The largest absolute Gasteiger partial charge is 0.490 e. The van der Waals surface area contributed by atoms with Crippen LogP contribution in [0.5, 0.6) is 5.75 Å². The highest BCUT2D eigenvalue weighted by atomic mass is 19.1. The van der Waals surface area contributed by atoms with Crippen molar-refractivity contribution in [2.24, 2.45) is 0 Å². The Morgan fingerprint density at radius 2 is 2.06 bits per heavy atom. The Kier molecular flexibility index (Phi) is 6.68. The van der Waals surface area contributed by atoms with E-state index >= 15 is 0 Å². The molecule has 3 nitrogen and oxygen atoms in total. The lowest BCUT2D eigenvalue weighted by Gasteiger charge is -2.14. The van der Waals surface area contributed by atoms with Crippen molar-refractivity contribution in [3.63, 3.8) is 0 Å². The van der Waals surface area contributed by atoms with Gasteiger partial charge in [0, 0.05) is 38.3 Å². The predicted octanol–water partition coefficient (Wildman–Crippen LogP) is 2.74. The smallest absolute Gasteiger partial charge is 0.165 e. The van der Waals surface area contributed by atoms with Crippen LogP contribution in [0.25, 0.3) is 0 Å². The van der Waals surface area contributed by atoms with Crippen LogP contribution in [0.3, 0.4) is 0 Å². The maximum absolute atomic E-state index is 13.7. The van der Waals surface area contributed by atoms with Gasteiger partial charge in [-0.25, -0.2) is 4.39 Å². The van der Waals surface area contributed by atoms with Gasteiger partial charge in [-0.15, -0.1) is 0 Å². The molecule has 1 aromatic carbocycles. The van der Waals surface area contributed by atoms with Gasteiger partial charge in [0.2, 0.25) is 0 Å². The van der Waals surface area contributed by atoms with Crippen LogP contribution in [0.15, 0.2) is 18.2 Å². The van der Waals surface area contributed by atoms with Gasteiger partial charge in [0.05, 0.1) is 6.61 Å². The molecule has 0 aliphatic rings. The molecule has 0 spiro atoms. The van der Waals surface area contributed by atoms with Gasteiger partial charge in [-0.3, -0.25) is 0 Å². The van der Waals surface area contributed by atoms with Crippen LogP contribution in [-0.4, -0.2) is 26.4 Å². The Balaban J connectivity index is 2.62. The third kappa shape index (κ3) is 5.02. The van der Waals surface area contributed by atoms with Crippen molar-refractivity contribution in [1.82, 2.24) is 5.32 Å². The van der Waals surface area contributed by atoms with Crippen LogP contribution in [0.2, 0.25) is 0 Å². The van der Waals surface area contributed by atoms with Gasteiger partial charge in [-0.05, 0) is 6.07 Å². The molecule has 0 atom stereocenters. The highest BCUT2D eigenvalue weighted by Gasteiger charge is 2.09. The summed E-state index contributed by atoms with van der Waals surface area (Å²) < 4.78 is 24.1. The fourth-order valence-corrected chi connectivity index (χ4v) is 1.55. The van der Waals surface area contributed by atoms with Gasteiger partial charge in [-0.2, -0.15) is 0 Å². The lowest BCUT2D eigenvalue weighted by Crippen LogP contribution is -2.22. The van der Waals surface area contributed by atoms with Crippen molar-refractivity contribution in [2.45, 2.75) is 32.9 Å². The molecule has 18 heavy (non-hydrogen) atoms. The van der Waals surface area contributed by atoms with E-state index in [9.17, 15) is 4.39 Å². The summed E-state index contributed by atoms with van der Waals surface area (Å²) in [5, 5.41) is 3.26. The van der Waals surface area contributed by atoms with E-state index in [2.05, 4.69) is 19.2 Å². The Labute approximate surface area is 108 Å². The van der Waals surface area contributed by atoms with Crippen LogP contribution < -0.4 is 10.1 Å². The topological polar surface area (TPSA) is 30.5 Å². The van der Waals surface area contributed by atoms with Crippen molar-refractivity contribution in [3.8, 4) is 5.75 Å². The van der Waals surface area contributed by atoms with E-state index in [4.69, 9.17) is 9.47 Å². The van der Waals surface area contributed by atoms with Crippen molar-refractivity contribution < 1.29 is 13.9 Å². The molecule has 1 aromatic rings. The highest BCUT2D eigenvalue weighted by molar-refractivity contribution is 5.34. The Bertz CT molecular complexity index is 356. The van der Waals surface area contributed by atoms with E-state index in [1.807, 2.05) is 6.07 Å². The quantitative estimate of drug-likeness (QED) is 0.725. The minimum absolute atomic E-state index is 0.310. The van der Waals surface area contributed by atoms with E-state index in [1.165, 1.54) is 6.07 Å². The van der Waals surface area contributed by atoms with Crippen molar-refractivity contribution in [1.29, 1.82) is 0 Å². The van der Waals surface area contributed by atoms with E-state index in [0.717, 1.165) is 12.0 Å². The van der Waals surface area contributed by atoms with Crippen LogP contribution in [0, 0.1) is 5.82 Å². The van der Waals surface area contributed by atoms with Crippen LogP contribution in [-0.2, 0) is 11.3 Å². The van der Waals surface area contributed by atoms with Gasteiger partial charge in [0.25, 0.3) is 0 Å². The molecule has 102 valence electrons. The summed E-state index contributed by atoms with van der Waals surface area (Å²) in [6.07, 6.45) is 0.752. The molecule has 1 N–H and O–H groups in total.